The number of ether oxygens (including phenoxy) is 1. The standard InChI is InChI=1S/C20H18ClN2O3/c1-22(16-6-8-17(9-7-16)23(24)25)18-10-11-20(26-2)19(13-18)14-4-3-5-15(21)12-14/h3-13,24H,1-2H3/q-1. The molecule has 0 atom stereocenters. The molecule has 0 fully saturated rings. The maximum Gasteiger partial charge on any atom is 0.126 e. The summed E-state index contributed by atoms with van der Waals surface area (Å²) < 4.78 is 5.49. The fourth-order valence-electron chi connectivity index (χ4n) is 2.74. The third-order valence-corrected chi connectivity index (χ3v) is 4.40. The van der Waals surface area contributed by atoms with Crippen molar-refractivity contribution in [1.29, 1.82) is 0 Å². The topological polar surface area (TPSA) is 59.0 Å². The van der Waals surface area contributed by atoms with Gasteiger partial charge in [-0.2, -0.15) is 0 Å². The Morgan fingerprint density at radius 1 is 0.923 bits per heavy atom. The van der Waals surface area contributed by atoms with Crippen molar-refractivity contribution in [1.82, 2.24) is 0 Å². The van der Waals surface area contributed by atoms with Gasteiger partial charge in [0.2, 0.25) is 0 Å². The lowest BCUT2D eigenvalue weighted by molar-refractivity contribution is 0.296. The molecule has 0 amide bonds. The van der Waals surface area contributed by atoms with Crippen LogP contribution in [-0.4, -0.2) is 19.4 Å². The first-order valence-electron chi connectivity index (χ1n) is 7.93. The van der Waals surface area contributed by atoms with Crippen molar-refractivity contribution < 1.29 is 9.94 Å². The summed E-state index contributed by atoms with van der Waals surface area (Å²) in [7, 11) is 3.56. The van der Waals surface area contributed by atoms with Crippen molar-refractivity contribution in [3.8, 4) is 16.9 Å². The molecule has 134 valence electrons. The largest absolute Gasteiger partial charge is 0.733 e. The quantitative estimate of drug-likeness (QED) is 0.603. The molecule has 3 aromatic rings. The van der Waals surface area contributed by atoms with Gasteiger partial charge in [0, 0.05) is 29.0 Å². The molecule has 0 spiro atoms. The highest BCUT2D eigenvalue weighted by atomic mass is 35.5. The predicted molar refractivity (Wildman–Crippen MR) is 106 cm³/mol. The van der Waals surface area contributed by atoms with E-state index in [4.69, 9.17) is 21.5 Å². The summed E-state index contributed by atoms with van der Waals surface area (Å²) in [6, 6.07) is 20.1. The molecule has 0 saturated heterocycles. The van der Waals surface area contributed by atoms with Crippen molar-refractivity contribution in [2.24, 2.45) is 0 Å². The van der Waals surface area contributed by atoms with Crippen LogP contribution < -0.4 is 14.9 Å². The van der Waals surface area contributed by atoms with Gasteiger partial charge in [-0.05, 0) is 60.2 Å². The lowest BCUT2D eigenvalue weighted by Crippen LogP contribution is -2.11. The van der Waals surface area contributed by atoms with Crippen LogP contribution in [0.25, 0.3) is 11.1 Å². The zero-order valence-corrected chi connectivity index (χ0v) is 15.1. The maximum absolute atomic E-state index is 10.9. The van der Waals surface area contributed by atoms with Gasteiger partial charge in [-0.15, -0.1) is 0 Å². The number of benzene rings is 3. The molecule has 0 bridgehead atoms. The fourth-order valence-corrected chi connectivity index (χ4v) is 2.93. The molecule has 3 aromatic carbocycles. The van der Waals surface area contributed by atoms with Gasteiger partial charge in [-0.25, -0.2) is 0 Å². The molecule has 0 aliphatic rings. The Labute approximate surface area is 157 Å². The average molecular weight is 370 g/mol. The minimum Gasteiger partial charge on any atom is -0.733 e. The second-order valence-corrected chi connectivity index (χ2v) is 6.18. The van der Waals surface area contributed by atoms with Crippen molar-refractivity contribution in [2.45, 2.75) is 0 Å². The molecular formula is C20H18ClN2O3-. The van der Waals surface area contributed by atoms with E-state index in [0.717, 1.165) is 28.3 Å². The van der Waals surface area contributed by atoms with Gasteiger partial charge in [0.05, 0.1) is 12.8 Å². The summed E-state index contributed by atoms with van der Waals surface area (Å²) in [4.78, 5) is 1.98. The maximum atomic E-state index is 10.9. The van der Waals surface area contributed by atoms with Gasteiger partial charge in [0.1, 0.15) is 5.75 Å². The molecule has 6 heteroatoms. The SMILES string of the molecule is COc1ccc(N(C)c2ccc(N([O-])O)cc2)cc1-c1cccc(Cl)c1. The summed E-state index contributed by atoms with van der Waals surface area (Å²) in [6.45, 7) is 0. The predicted octanol–water partition coefficient (Wildman–Crippen LogP) is 5.48. The number of methoxy groups -OCH3 is 1. The Kier molecular flexibility index (Phi) is 5.32. The van der Waals surface area contributed by atoms with Crippen LogP contribution >= 0.6 is 11.6 Å². The normalized spacial score (nSPS) is 10.5. The lowest BCUT2D eigenvalue weighted by Gasteiger charge is -2.24. The highest BCUT2D eigenvalue weighted by Gasteiger charge is 2.11. The van der Waals surface area contributed by atoms with Crippen LogP contribution in [0, 0.1) is 5.21 Å². The number of halogens is 1. The number of hydrogen-bond acceptors (Lipinski definition) is 5. The van der Waals surface area contributed by atoms with E-state index in [0.29, 0.717) is 5.02 Å². The molecule has 0 aliphatic heterocycles. The fraction of sp³-hybridized carbons (Fsp3) is 0.100. The van der Waals surface area contributed by atoms with Crippen LogP contribution in [0.3, 0.4) is 0 Å². The third-order valence-electron chi connectivity index (χ3n) is 4.16. The van der Waals surface area contributed by atoms with Crippen molar-refractivity contribution >= 4 is 28.7 Å². The summed E-state index contributed by atoms with van der Waals surface area (Å²) in [5, 5.41) is 20.4. The Morgan fingerprint density at radius 2 is 1.58 bits per heavy atom. The van der Waals surface area contributed by atoms with E-state index in [9.17, 15) is 5.21 Å². The van der Waals surface area contributed by atoms with Crippen LogP contribution in [0.5, 0.6) is 5.75 Å². The van der Waals surface area contributed by atoms with Gasteiger partial charge < -0.3 is 20.1 Å². The molecule has 0 unspecified atom stereocenters. The van der Waals surface area contributed by atoms with E-state index in [1.54, 1.807) is 31.4 Å². The minimum atomic E-state index is -0.158. The van der Waals surface area contributed by atoms with E-state index < -0.39 is 0 Å². The molecule has 0 aromatic heterocycles. The number of hydrogen-bond donors (Lipinski definition) is 1. The Bertz CT molecular complexity index is 898. The molecule has 0 saturated carbocycles. The number of nitrogens with zero attached hydrogens (tertiary/aromatic N) is 2. The van der Waals surface area contributed by atoms with Crippen LogP contribution in [0.15, 0.2) is 66.7 Å². The van der Waals surface area contributed by atoms with Crippen LogP contribution in [0.1, 0.15) is 0 Å². The summed E-state index contributed by atoms with van der Waals surface area (Å²) >= 11 is 6.13. The van der Waals surface area contributed by atoms with Gasteiger partial charge in [-0.1, -0.05) is 23.7 Å². The van der Waals surface area contributed by atoms with Crippen molar-refractivity contribution in [3.05, 3.63) is 77.0 Å². The van der Waals surface area contributed by atoms with Crippen LogP contribution in [0.2, 0.25) is 5.02 Å². The van der Waals surface area contributed by atoms with E-state index in [1.807, 2.05) is 54.4 Å². The molecule has 1 N–H and O–H groups in total. The van der Waals surface area contributed by atoms with Crippen molar-refractivity contribution in [3.63, 3.8) is 0 Å². The molecular weight excluding hydrogens is 352 g/mol. The monoisotopic (exact) mass is 369 g/mol. The van der Waals surface area contributed by atoms with E-state index in [2.05, 4.69) is 0 Å². The smallest absolute Gasteiger partial charge is 0.126 e. The Morgan fingerprint density at radius 3 is 2.19 bits per heavy atom. The van der Waals surface area contributed by atoms with Crippen molar-refractivity contribution in [2.75, 3.05) is 24.3 Å². The van der Waals surface area contributed by atoms with Gasteiger partial charge in [0.25, 0.3) is 0 Å². The molecule has 0 radical (unpaired) electrons. The highest BCUT2D eigenvalue weighted by Crippen LogP contribution is 2.36. The summed E-state index contributed by atoms with van der Waals surface area (Å²) in [6.07, 6.45) is 0. The summed E-state index contributed by atoms with van der Waals surface area (Å²) in [5.41, 5.74) is 3.88. The van der Waals surface area contributed by atoms with E-state index in [-0.39, 0.29) is 10.9 Å². The van der Waals surface area contributed by atoms with E-state index in [1.165, 1.54) is 0 Å². The highest BCUT2D eigenvalue weighted by molar-refractivity contribution is 6.30. The zero-order chi connectivity index (χ0) is 18.7. The van der Waals surface area contributed by atoms with Crippen LogP contribution in [0.4, 0.5) is 17.1 Å². The van der Waals surface area contributed by atoms with E-state index >= 15 is 0 Å². The van der Waals surface area contributed by atoms with Crippen LogP contribution in [-0.2, 0) is 0 Å². The summed E-state index contributed by atoms with van der Waals surface area (Å²) in [5.74, 6) is 0.752. The van der Waals surface area contributed by atoms with Gasteiger partial charge in [0.15, 0.2) is 0 Å². The van der Waals surface area contributed by atoms with Gasteiger partial charge >= 0.3 is 0 Å². The second-order valence-electron chi connectivity index (χ2n) is 5.74. The first-order valence-corrected chi connectivity index (χ1v) is 8.31. The third kappa shape index (κ3) is 3.75. The molecule has 5 nitrogen and oxygen atoms in total. The zero-order valence-electron chi connectivity index (χ0n) is 14.4. The Balaban J connectivity index is 1.99. The number of rotatable bonds is 5. The van der Waals surface area contributed by atoms with Gasteiger partial charge in [-0.3, -0.25) is 5.21 Å². The average Bonchev–Trinajstić information content (AvgIpc) is 2.67. The first-order chi connectivity index (χ1) is 12.5. The first kappa shape index (κ1) is 18.1. The lowest BCUT2D eigenvalue weighted by atomic mass is 10.0. The molecule has 0 heterocycles. The minimum absolute atomic E-state index is 0.158. The molecule has 0 aliphatic carbocycles. The molecule has 26 heavy (non-hydrogen) atoms. The Hall–Kier alpha value is -2.73. The second kappa shape index (κ2) is 7.66. The number of anilines is 3. The molecule has 3 rings (SSSR count).